The molecule has 0 amide bonds. The van der Waals surface area contributed by atoms with E-state index in [9.17, 15) is 8.42 Å². The Kier molecular flexibility index (Phi) is 5.38. The molecular formula is C17H20ClN3O2S. The molecule has 0 radical (unpaired) electrons. The summed E-state index contributed by atoms with van der Waals surface area (Å²) < 4.78 is 27.3. The van der Waals surface area contributed by atoms with E-state index in [1.165, 1.54) is 12.1 Å². The number of nitrogens with zero attached hydrogens (tertiary/aromatic N) is 2. The maximum Gasteiger partial charge on any atom is 0.240 e. The van der Waals surface area contributed by atoms with Gasteiger partial charge in [-0.3, -0.25) is 0 Å². The summed E-state index contributed by atoms with van der Waals surface area (Å²) in [6.07, 6.45) is 3.68. The number of piperidine rings is 1. The molecule has 128 valence electrons. The molecule has 1 N–H and O–H groups in total. The minimum atomic E-state index is -3.48. The molecule has 0 spiro atoms. The van der Waals surface area contributed by atoms with Gasteiger partial charge >= 0.3 is 0 Å². The average molecular weight is 366 g/mol. The van der Waals surface area contributed by atoms with E-state index in [-0.39, 0.29) is 4.90 Å². The highest BCUT2D eigenvalue weighted by molar-refractivity contribution is 7.89. The Bertz CT molecular complexity index is 758. The first-order chi connectivity index (χ1) is 11.5. The topological polar surface area (TPSA) is 62.3 Å². The molecule has 2 heterocycles. The van der Waals surface area contributed by atoms with E-state index >= 15 is 0 Å². The number of sulfonamides is 1. The second-order valence-electron chi connectivity index (χ2n) is 5.92. The molecular weight excluding hydrogens is 346 g/mol. The van der Waals surface area contributed by atoms with Crippen LogP contribution in [0.1, 0.15) is 12.8 Å². The lowest BCUT2D eigenvalue weighted by molar-refractivity contribution is 0.400. The summed E-state index contributed by atoms with van der Waals surface area (Å²) in [6.45, 7) is 2.25. The summed E-state index contributed by atoms with van der Waals surface area (Å²) in [6, 6.07) is 12.1. The molecule has 1 aliphatic heterocycles. The zero-order valence-electron chi connectivity index (χ0n) is 13.2. The van der Waals surface area contributed by atoms with Gasteiger partial charge in [0.05, 0.1) is 4.90 Å². The first-order valence-electron chi connectivity index (χ1n) is 7.96. The summed E-state index contributed by atoms with van der Waals surface area (Å²) in [4.78, 5) is 6.85. The minimum absolute atomic E-state index is 0.248. The summed E-state index contributed by atoms with van der Waals surface area (Å²) in [5.41, 5.74) is 0. The highest BCUT2D eigenvalue weighted by atomic mass is 35.5. The number of aromatic nitrogens is 1. The molecule has 0 atom stereocenters. The Morgan fingerprint density at radius 3 is 2.46 bits per heavy atom. The van der Waals surface area contributed by atoms with E-state index in [4.69, 9.17) is 11.6 Å². The van der Waals surface area contributed by atoms with Crippen molar-refractivity contribution in [1.82, 2.24) is 9.71 Å². The van der Waals surface area contributed by atoms with Crippen LogP contribution in [0.3, 0.4) is 0 Å². The Hall–Kier alpha value is -1.63. The van der Waals surface area contributed by atoms with Gasteiger partial charge in [0.1, 0.15) is 5.82 Å². The largest absolute Gasteiger partial charge is 0.357 e. The maximum atomic E-state index is 12.3. The first-order valence-corrected chi connectivity index (χ1v) is 9.82. The molecule has 0 aliphatic carbocycles. The highest BCUT2D eigenvalue weighted by Crippen LogP contribution is 2.21. The Morgan fingerprint density at radius 2 is 1.83 bits per heavy atom. The second kappa shape index (κ2) is 7.51. The normalized spacial score (nSPS) is 16.3. The third-order valence-corrected chi connectivity index (χ3v) is 5.97. The van der Waals surface area contributed by atoms with Gasteiger partial charge in [-0.05, 0) is 55.2 Å². The van der Waals surface area contributed by atoms with E-state index in [1.807, 2.05) is 18.2 Å². The smallest absolute Gasteiger partial charge is 0.240 e. The van der Waals surface area contributed by atoms with Crippen LogP contribution < -0.4 is 9.62 Å². The molecule has 0 unspecified atom stereocenters. The zero-order valence-corrected chi connectivity index (χ0v) is 14.8. The molecule has 24 heavy (non-hydrogen) atoms. The SMILES string of the molecule is O=S(=O)(NCC1CCN(c2ccccn2)CC1)c1ccc(Cl)cc1. The fourth-order valence-corrected chi connectivity index (χ4v) is 4.07. The summed E-state index contributed by atoms with van der Waals surface area (Å²) in [5.74, 6) is 1.32. The second-order valence-corrected chi connectivity index (χ2v) is 8.13. The lowest BCUT2D eigenvalue weighted by Crippen LogP contribution is -2.39. The molecule has 5 nitrogen and oxygen atoms in total. The summed E-state index contributed by atoms with van der Waals surface area (Å²) in [7, 11) is -3.48. The number of nitrogens with one attached hydrogen (secondary N) is 1. The predicted molar refractivity (Wildman–Crippen MR) is 95.8 cm³/mol. The molecule has 1 aromatic heterocycles. The van der Waals surface area contributed by atoms with Crippen molar-refractivity contribution < 1.29 is 8.42 Å². The number of hydrogen-bond donors (Lipinski definition) is 1. The van der Waals surface area contributed by atoms with Gasteiger partial charge in [-0.25, -0.2) is 18.1 Å². The van der Waals surface area contributed by atoms with Crippen molar-refractivity contribution >= 4 is 27.4 Å². The highest BCUT2D eigenvalue weighted by Gasteiger charge is 2.22. The van der Waals surface area contributed by atoms with Crippen LogP contribution >= 0.6 is 11.6 Å². The lowest BCUT2D eigenvalue weighted by Gasteiger charge is -2.32. The molecule has 0 saturated carbocycles. The van der Waals surface area contributed by atoms with Gasteiger partial charge < -0.3 is 4.90 Å². The maximum absolute atomic E-state index is 12.3. The summed E-state index contributed by atoms with van der Waals surface area (Å²) in [5, 5.41) is 0.524. The average Bonchev–Trinajstić information content (AvgIpc) is 2.62. The van der Waals surface area contributed by atoms with Crippen molar-refractivity contribution in [2.24, 2.45) is 5.92 Å². The monoisotopic (exact) mass is 365 g/mol. The third-order valence-electron chi connectivity index (χ3n) is 4.27. The third kappa shape index (κ3) is 4.26. The van der Waals surface area contributed by atoms with Crippen molar-refractivity contribution in [2.75, 3.05) is 24.5 Å². The van der Waals surface area contributed by atoms with Crippen molar-refractivity contribution in [3.8, 4) is 0 Å². The number of benzene rings is 1. The molecule has 1 aromatic carbocycles. The number of halogens is 1. The van der Waals surface area contributed by atoms with Gasteiger partial charge in [-0.15, -0.1) is 0 Å². The van der Waals surface area contributed by atoms with E-state index in [0.717, 1.165) is 31.7 Å². The van der Waals surface area contributed by atoms with Crippen LogP contribution in [-0.4, -0.2) is 33.0 Å². The van der Waals surface area contributed by atoms with Gasteiger partial charge in [0.15, 0.2) is 0 Å². The Morgan fingerprint density at radius 1 is 1.12 bits per heavy atom. The van der Waals surface area contributed by atoms with Crippen LogP contribution in [0.2, 0.25) is 5.02 Å². The van der Waals surface area contributed by atoms with Crippen LogP contribution in [0.4, 0.5) is 5.82 Å². The number of hydrogen-bond acceptors (Lipinski definition) is 4. The van der Waals surface area contributed by atoms with E-state index < -0.39 is 10.0 Å². The fraction of sp³-hybridized carbons (Fsp3) is 0.353. The van der Waals surface area contributed by atoms with Gasteiger partial charge in [0, 0.05) is 30.9 Å². The quantitative estimate of drug-likeness (QED) is 0.884. The number of pyridine rings is 1. The van der Waals surface area contributed by atoms with Crippen LogP contribution in [-0.2, 0) is 10.0 Å². The van der Waals surface area contributed by atoms with Gasteiger partial charge in [-0.1, -0.05) is 17.7 Å². The van der Waals surface area contributed by atoms with Crippen LogP contribution in [0.25, 0.3) is 0 Å². The van der Waals surface area contributed by atoms with Crippen LogP contribution in [0.5, 0.6) is 0 Å². The minimum Gasteiger partial charge on any atom is -0.357 e. The van der Waals surface area contributed by atoms with Gasteiger partial charge in [0.25, 0.3) is 0 Å². The predicted octanol–water partition coefficient (Wildman–Crippen LogP) is 2.93. The van der Waals surface area contributed by atoms with Crippen molar-refractivity contribution in [3.63, 3.8) is 0 Å². The molecule has 3 rings (SSSR count). The Labute approximate surface area is 147 Å². The molecule has 7 heteroatoms. The van der Waals surface area contributed by atoms with Gasteiger partial charge in [0.2, 0.25) is 10.0 Å². The zero-order chi connectivity index (χ0) is 17.0. The molecule has 2 aromatic rings. The molecule has 1 aliphatic rings. The lowest BCUT2D eigenvalue weighted by atomic mass is 9.97. The first kappa shape index (κ1) is 17.2. The molecule has 1 saturated heterocycles. The Balaban J connectivity index is 1.52. The van der Waals surface area contributed by atoms with E-state index in [0.29, 0.717) is 17.5 Å². The standard InChI is InChI=1S/C17H20ClN3O2S/c18-15-4-6-16(7-5-15)24(22,23)20-13-14-8-11-21(12-9-14)17-3-1-2-10-19-17/h1-7,10,14,20H,8-9,11-13H2. The van der Waals surface area contributed by atoms with Crippen LogP contribution in [0.15, 0.2) is 53.6 Å². The van der Waals surface area contributed by atoms with E-state index in [1.54, 1.807) is 18.3 Å². The van der Waals surface area contributed by atoms with Crippen LogP contribution in [0, 0.1) is 5.92 Å². The fourth-order valence-electron chi connectivity index (χ4n) is 2.83. The summed E-state index contributed by atoms with van der Waals surface area (Å²) >= 11 is 5.80. The molecule has 1 fully saturated rings. The van der Waals surface area contributed by atoms with Crippen molar-refractivity contribution in [3.05, 3.63) is 53.7 Å². The van der Waals surface area contributed by atoms with Crippen molar-refractivity contribution in [1.29, 1.82) is 0 Å². The van der Waals surface area contributed by atoms with Gasteiger partial charge in [-0.2, -0.15) is 0 Å². The molecule has 0 bridgehead atoms. The van der Waals surface area contributed by atoms with E-state index in [2.05, 4.69) is 14.6 Å². The number of rotatable bonds is 5. The van der Waals surface area contributed by atoms with Crippen molar-refractivity contribution in [2.45, 2.75) is 17.7 Å². The number of anilines is 1.